The van der Waals surface area contributed by atoms with Crippen molar-refractivity contribution in [1.82, 2.24) is 30.0 Å². The van der Waals surface area contributed by atoms with Gasteiger partial charge in [0.2, 0.25) is 0 Å². The maximum absolute atomic E-state index is 6.43. The molecule has 0 atom stereocenters. The highest BCUT2D eigenvalue weighted by molar-refractivity contribution is 14.1. The highest BCUT2D eigenvalue weighted by Gasteiger charge is 2.26. The molecule has 4 aliphatic rings. The molecule has 1 N–H and O–H groups in total. The molecular weight excluding hydrogens is 986 g/mol. The first-order valence-corrected chi connectivity index (χ1v) is 21.7. The van der Waals surface area contributed by atoms with E-state index in [1.807, 2.05) is 57.9 Å². The van der Waals surface area contributed by atoms with Crippen LogP contribution in [0.3, 0.4) is 0 Å². The summed E-state index contributed by atoms with van der Waals surface area (Å²) < 4.78 is 40.7. The molecule has 0 unspecified atom stereocenters. The van der Waals surface area contributed by atoms with Gasteiger partial charge in [-0.05, 0) is 127 Å². The average Bonchev–Trinajstić information content (AvgIpc) is 3.83. The van der Waals surface area contributed by atoms with Gasteiger partial charge in [-0.15, -0.1) is 10.2 Å². The number of nitrogens with zero attached hydrogens (tertiary/aromatic N) is 6. The molecule has 0 fully saturated rings. The van der Waals surface area contributed by atoms with Crippen LogP contribution in [0.5, 0.6) is 23.0 Å². The van der Waals surface area contributed by atoms with Crippen molar-refractivity contribution in [1.29, 1.82) is 0 Å². The molecule has 12 nitrogen and oxygen atoms in total. The van der Waals surface area contributed by atoms with Crippen molar-refractivity contribution in [3.63, 3.8) is 0 Å². The smallest absolute Gasteiger partial charge is 0.179 e. The van der Waals surface area contributed by atoms with E-state index in [1.54, 1.807) is 14.2 Å². The van der Waals surface area contributed by atoms with Crippen LogP contribution < -0.4 is 18.9 Å². The zero-order chi connectivity index (χ0) is 41.0. The molecule has 2 aromatic heterocycles. The largest absolute Gasteiger partial charge is 0.496 e. The molecule has 60 heavy (non-hydrogen) atoms. The van der Waals surface area contributed by atoms with Crippen LogP contribution in [-0.4, -0.2) is 88.6 Å². The zero-order valence-electron chi connectivity index (χ0n) is 33.0. The Hall–Kier alpha value is -5.30. The molecule has 6 heterocycles. The SMILES string of the molecule is COc1c2cc3ccccc3c1-c1c(OC)c(cc3ccccc13)Cn1nnc(c1I)-c1ccc(cc1)OCC[OH+]CCOCCOc1ccc(cc1)-c1nnn(c1I)C2. The third-order valence-electron chi connectivity index (χ3n) is 10.5. The summed E-state index contributed by atoms with van der Waals surface area (Å²) in [6.07, 6.45) is 0. The monoisotopic (exact) mass is 1030 g/mol. The van der Waals surface area contributed by atoms with E-state index in [4.69, 9.17) is 23.7 Å². The Labute approximate surface area is 374 Å². The van der Waals surface area contributed by atoms with Gasteiger partial charge in [0.25, 0.3) is 0 Å². The molecule has 0 amide bonds. The molecule has 6 aromatic carbocycles. The van der Waals surface area contributed by atoms with E-state index >= 15 is 0 Å². The summed E-state index contributed by atoms with van der Waals surface area (Å²) in [5.41, 5.74) is 7.24. The minimum Gasteiger partial charge on any atom is -0.496 e. The van der Waals surface area contributed by atoms with Gasteiger partial charge in [0.05, 0.1) is 33.9 Å². The number of methoxy groups -OCH3 is 2. The number of hydrogen-bond acceptors (Lipinski definition) is 9. The number of rotatable bonds is 2. The normalized spacial score (nSPS) is 13.9. The van der Waals surface area contributed by atoms with Gasteiger partial charge < -0.3 is 28.4 Å². The Morgan fingerprint density at radius 1 is 0.567 bits per heavy atom. The van der Waals surface area contributed by atoms with Crippen LogP contribution in [0, 0.1) is 7.40 Å². The van der Waals surface area contributed by atoms with Crippen molar-refractivity contribution in [2.24, 2.45) is 0 Å². The van der Waals surface area contributed by atoms with E-state index < -0.39 is 0 Å². The Morgan fingerprint density at radius 2 is 1.03 bits per heavy atom. The lowest BCUT2D eigenvalue weighted by Gasteiger charge is -2.22. The van der Waals surface area contributed by atoms with E-state index in [-0.39, 0.29) is 0 Å². The topological polar surface area (TPSA) is 120 Å². The van der Waals surface area contributed by atoms with Crippen molar-refractivity contribution < 1.29 is 28.4 Å². The summed E-state index contributed by atoms with van der Waals surface area (Å²) >= 11 is 4.66. The number of aliphatic hydroxyl groups is 2. The average molecular weight is 1030 g/mol. The molecule has 304 valence electrons. The zero-order valence-corrected chi connectivity index (χ0v) is 37.3. The lowest BCUT2D eigenvalue weighted by molar-refractivity contribution is -0.0797. The van der Waals surface area contributed by atoms with Gasteiger partial charge >= 0.3 is 0 Å². The molecule has 8 aromatic rings. The summed E-state index contributed by atoms with van der Waals surface area (Å²) in [5.74, 6) is 2.99. The molecule has 12 rings (SSSR count). The Balaban J connectivity index is 1.17. The molecule has 12 bridgehead atoms. The third-order valence-corrected chi connectivity index (χ3v) is 12.6. The van der Waals surface area contributed by atoms with Crippen LogP contribution in [0.1, 0.15) is 11.1 Å². The summed E-state index contributed by atoms with van der Waals surface area (Å²) in [6, 6.07) is 37.0. The highest BCUT2D eigenvalue weighted by atomic mass is 127. The van der Waals surface area contributed by atoms with Crippen LogP contribution in [0.4, 0.5) is 0 Å². The molecular formula is C46H41I2N6O6+. The standard InChI is InChI=1S/C46H40I2N6O6/c1-55-43-33-25-31-7-3-5-9-37(31)39(43)40-38-10-6-4-8-32(38)26-34(44(40)56-2)28-54-46(48)42(50-52-54)30-13-17-36(18-14-30)60-24-22-58-20-19-57-21-23-59-35-15-11-29(12-16-35)41-45(47)53(27-33)51-49-41/h3-18,25-26H,19-24,27-28H2,1-2H3/p+1. The number of aromatic nitrogens is 6. The van der Waals surface area contributed by atoms with E-state index in [0.717, 1.165) is 96.7 Å². The minimum absolute atomic E-state index is 0.424. The molecule has 0 saturated heterocycles. The van der Waals surface area contributed by atoms with Gasteiger partial charge in [-0.2, -0.15) is 0 Å². The predicted octanol–water partition coefficient (Wildman–Crippen LogP) is 8.82. The molecule has 14 heteroatoms. The molecule has 0 saturated carbocycles. The fraction of sp³-hybridized carbons (Fsp3) is 0.217. The van der Waals surface area contributed by atoms with Crippen molar-refractivity contribution in [3.05, 3.63) is 128 Å². The van der Waals surface area contributed by atoms with Gasteiger partial charge in [0, 0.05) is 33.4 Å². The molecule has 0 aliphatic carbocycles. The maximum atomic E-state index is 6.43. The second-order valence-corrected chi connectivity index (χ2v) is 16.2. The van der Waals surface area contributed by atoms with Gasteiger partial charge in [-0.25, -0.2) is 9.36 Å². The summed E-state index contributed by atoms with van der Waals surface area (Å²) in [7, 11) is 3.46. The highest BCUT2D eigenvalue weighted by Crippen LogP contribution is 2.49. The quantitative estimate of drug-likeness (QED) is 0.124. The summed E-state index contributed by atoms with van der Waals surface area (Å²) in [4.78, 5) is 0. The third kappa shape index (κ3) is 8.12. The Morgan fingerprint density at radius 3 is 1.53 bits per heavy atom. The lowest BCUT2D eigenvalue weighted by Crippen LogP contribution is -2.16. The van der Waals surface area contributed by atoms with Crippen LogP contribution in [-0.2, 0) is 17.8 Å². The summed E-state index contributed by atoms with van der Waals surface area (Å²) in [5, 5.41) is 22.8. The van der Waals surface area contributed by atoms with Crippen LogP contribution in [0.2, 0.25) is 0 Å². The molecule has 0 spiro atoms. The Kier molecular flexibility index (Phi) is 12.1. The molecule has 4 aliphatic heterocycles. The first kappa shape index (κ1) is 40.1. The van der Waals surface area contributed by atoms with Gasteiger partial charge in [0.15, 0.2) is 19.8 Å². The predicted molar refractivity (Wildman–Crippen MR) is 248 cm³/mol. The van der Waals surface area contributed by atoms with Crippen LogP contribution in [0.25, 0.3) is 55.2 Å². The first-order chi connectivity index (χ1) is 29.5. The molecule has 0 radical (unpaired) electrons. The fourth-order valence-corrected chi connectivity index (χ4v) is 9.03. The lowest BCUT2D eigenvalue weighted by atomic mass is 9.88. The number of ether oxygens (including phenoxy) is 6. The van der Waals surface area contributed by atoms with Gasteiger partial charge in [-0.3, -0.25) is 0 Å². The van der Waals surface area contributed by atoms with E-state index in [0.29, 0.717) is 52.7 Å². The van der Waals surface area contributed by atoms with E-state index in [9.17, 15) is 0 Å². The second kappa shape index (κ2) is 18.1. The van der Waals surface area contributed by atoms with E-state index in [1.165, 1.54) is 0 Å². The maximum Gasteiger partial charge on any atom is 0.179 e. The Bertz CT molecular complexity index is 2600. The number of benzene rings is 6. The fourth-order valence-electron chi connectivity index (χ4n) is 7.66. The van der Waals surface area contributed by atoms with Gasteiger partial charge in [0.1, 0.15) is 55.0 Å². The first-order valence-electron chi connectivity index (χ1n) is 19.5. The second-order valence-electron chi connectivity index (χ2n) is 14.1. The van der Waals surface area contributed by atoms with Crippen molar-refractivity contribution in [3.8, 4) is 56.6 Å². The van der Waals surface area contributed by atoms with Crippen LogP contribution >= 0.6 is 45.2 Å². The number of fused-ring (bicyclic) bond motifs is 2. The minimum atomic E-state index is 0.424. The van der Waals surface area contributed by atoms with Crippen LogP contribution in [0.15, 0.2) is 109 Å². The van der Waals surface area contributed by atoms with E-state index in [2.05, 4.69) is 131 Å². The number of halogens is 2. The van der Waals surface area contributed by atoms with Crippen molar-refractivity contribution in [2.45, 2.75) is 13.1 Å². The summed E-state index contributed by atoms with van der Waals surface area (Å²) in [6.45, 7) is 3.90. The van der Waals surface area contributed by atoms with Gasteiger partial charge in [-0.1, -0.05) is 59.0 Å². The number of hydrogen-bond donors (Lipinski definition) is 0. The van der Waals surface area contributed by atoms with Crippen molar-refractivity contribution in [2.75, 3.05) is 53.9 Å². The van der Waals surface area contributed by atoms with Crippen molar-refractivity contribution >= 4 is 66.7 Å².